The molecule has 254 valence electrons. The highest BCUT2D eigenvalue weighted by Crippen LogP contribution is 2.15. The Labute approximate surface area is 272 Å². The molecule has 2 nitrogen and oxygen atoms in total. The van der Waals surface area contributed by atoms with Crippen LogP contribution in [0.4, 0.5) is 0 Å². The number of unbranched alkanes of at least 4 members (excludes halogenated alkanes) is 29. The Morgan fingerprint density at radius 1 is 0.395 bits per heavy atom. The van der Waals surface area contributed by atoms with Gasteiger partial charge >= 0.3 is 0 Å². The Morgan fingerprint density at radius 3 is 1.12 bits per heavy atom. The second kappa shape index (κ2) is 32.6. The van der Waals surface area contributed by atoms with Crippen molar-refractivity contribution in [1.82, 2.24) is 4.57 Å². The zero-order valence-electron chi connectivity index (χ0n) is 30.3. The van der Waals surface area contributed by atoms with Crippen LogP contribution < -0.4 is 4.57 Å². The van der Waals surface area contributed by atoms with E-state index in [1.165, 1.54) is 225 Å². The van der Waals surface area contributed by atoms with Gasteiger partial charge in [0.15, 0.2) is 0 Å². The zero-order chi connectivity index (χ0) is 30.9. The van der Waals surface area contributed by atoms with E-state index in [1.807, 2.05) is 0 Å². The number of rotatable bonds is 35. The number of aromatic nitrogens is 2. The molecule has 0 spiro atoms. The van der Waals surface area contributed by atoms with E-state index in [1.54, 1.807) is 5.82 Å². The summed E-state index contributed by atoms with van der Waals surface area (Å²) in [6, 6.07) is 0. The molecule has 1 aromatic heterocycles. The first kappa shape index (κ1) is 40.2. The lowest BCUT2D eigenvalue weighted by molar-refractivity contribution is -0.704. The van der Waals surface area contributed by atoms with Crippen molar-refractivity contribution in [2.75, 3.05) is 0 Å². The first-order chi connectivity index (χ1) is 21.3. The van der Waals surface area contributed by atoms with Crippen molar-refractivity contribution in [3.63, 3.8) is 0 Å². The van der Waals surface area contributed by atoms with Crippen molar-refractivity contribution in [2.24, 2.45) is 0 Å². The van der Waals surface area contributed by atoms with E-state index >= 15 is 0 Å². The summed E-state index contributed by atoms with van der Waals surface area (Å²) in [6.07, 6.45) is 51.9. The van der Waals surface area contributed by atoms with Crippen LogP contribution in [0.2, 0.25) is 0 Å². The van der Waals surface area contributed by atoms with E-state index in [9.17, 15) is 0 Å². The van der Waals surface area contributed by atoms with E-state index in [4.69, 9.17) is 0 Å². The maximum absolute atomic E-state index is 2.61. The number of imidazole rings is 1. The van der Waals surface area contributed by atoms with Crippen molar-refractivity contribution in [1.29, 1.82) is 0 Å². The normalized spacial score (nSPS) is 11.6. The molecule has 0 aromatic carbocycles. The Balaban J connectivity index is 2.08. The number of hydrogen-bond acceptors (Lipinski definition) is 0. The van der Waals surface area contributed by atoms with Crippen LogP contribution >= 0.6 is 0 Å². The Bertz CT molecular complexity index is 663. The van der Waals surface area contributed by atoms with Crippen LogP contribution in [0.1, 0.15) is 232 Å². The zero-order valence-corrected chi connectivity index (χ0v) is 30.3. The van der Waals surface area contributed by atoms with Gasteiger partial charge in [0, 0.05) is 6.42 Å². The van der Waals surface area contributed by atoms with E-state index in [0.29, 0.717) is 0 Å². The average molecular weight is 602 g/mol. The van der Waals surface area contributed by atoms with Gasteiger partial charge in [0.05, 0.1) is 13.1 Å². The van der Waals surface area contributed by atoms with E-state index in [0.717, 1.165) is 0 Å². The maximum Gasteiger partial charge on any atom is 0.256 e. The van der Waals surface area contributed by atoms with Crippen LogP contribution in [-0.4, -0.2) is 4.57 Å². The van der Waals surface area contributed by atoms with Gasteiger partial charge < -0.3 is 0 Å². The average Bonchev–Trinajstić information content (AvgIpc) is 3.40. The van der Waals surface area contributed by atoms with Crippen molar-refractivity contribution in [3.8, 4) is 0 Å². The highest BCUT2D eigenvalue weighted by molar-refractivity contribution is 4.84. The SMILES string of the molecule is CCCCCCCCCCCCCCCCCCC[n+]1ccn(CCCCCCCCCCCCCC)c1CCCCC. The fourth-order valence-corrected chi connectivity index (χ4v) is 6.86. The van der Waals surface area contributed by atoms with Gasteiger partial charge in [-0.2, -0.15) is 0 Å². The minimum Gasteiger partial charge on any atom is -0.234 e. The van der Waals surface area contributed by atoms with Crippen molar-refractivity contribution < 1.29 is 4.57 Å². The fraction of sp³-hybridized carbons (Fsp3) is 0.927. The number of hydrogen-bond donors (Lipinski definition) is 0. The van der Waals surface area contributed by atoms with Gasteiger partial charge in [-0.15, -0.1) is 0 Å². The van der Waals surface area contributed by atoms with Crippen LogP contribution in [0, 0.1) is 0 Å². The summed E-state index contributed by atoms with van der Waals surface area (Å²) in [7, 11) is 0. The molecular weight excluding hydrogens is 520 g/mol. The van der Waals surface area contributed by atoms with Crippen LogP contribution in [0.5, 0.6) is 0 Å². The molecule has 0 aliphatic carbocycles. The molecule has 0 saturated carbocycles. The fourth-order valence-electron chi connectivity index (χ4n) is 6.86. The van der Waals surface area contributed by atoms with Gasteiger partial charge in [0.25, 0.3) is 5.82 Å². The van der Waals surface area contributed by atoms with E-state index < -0.39 is 0 Å². The van der Waals surface area contributed by atoms with Gasteiger partial charge in [-0.3, -0.25) is 0 Å². The Hall–Kier alpha value is -0.790. The van der Waals surface area contributed by atoms with Gasteiger partial charge in [0.1, 0.15) is 12.4 Å². The molecule has 0 aliphatic rings. The number of nitrogens with zero attached hydrogens (tertiary/aromatic N) is 2. The van der Waals surface area contributed by atoms with Gasteiger partial charge in [-0.1, -0.05) is 194 Å². The third kappa shape index (κ3) is 25.1. The highest BCUT2D eigenvalue weighted by atomic mass is 15.1. The summed E-state index contributed by atoms with van der Waals surface area (Å²) in [5, 5.41) is 0. The van der Waals surface area contributed by atoms with Crippen LogP contribution in [0.3, 0.4) is 0 Å². The topological polar surface area (TPSA) is 8.81 Å². The van der Waals surface area contributed by atoms with Crippen LogP contribution in [0.15, 0.2) is 12.4 Å². The highest BCUT2D eigenvalue weighted by Gasteiger charge is 2.16. The predicted molar refractivity (Wildman–Crippen MR) is 193 cm³/mol. The lowest BCUT2D eigenvalue weighted by Crippen LogP contribution is -2.37. The Kier molecular flexibility index (Phi) is 30.5. The monoisotopic (exact) mass is 602 g/mol. The molecule has 0 aliphatic heterocycles. The quantitative estimate of drug-likeness (QED) is 0.0540. The first-order valence-electron chi connectivity index (χ1n) is 20.4. The molecular formula is C41H81N2+. The van der Waals surface area contributed by atoms with Crippen molar-refractivity contribution in [3.05, 3.63) is 18.2 Å². The van der Waals surface area contributed by atoms with Gasteiger partial charge in [-0.05, 0) is 32.1 Å². The van der Waals surface area contributed by atoms with Crippen molar-refractivity contribution in [2.45, 2.75) is 246 Å². The number of aryl methyl sites for hydroxylation is 2. The third-order valence-electron chi connectivity index (χ3n) is 9.85. The molecule has 0 unspecified atom stereocenters. The molecule has 0 bridgehead atoms. The first-order valence-corrected chi connectivity index (χ1v) is 20.4. The molecule has 0 atom stereocenters. The molecule has 0 amide bonds. The second-order valence-electron chi connectivity index (χ2n) is 14.1. The van der Waals surface area contributed by atoms with E-state index in [2.05, 4.69) is 42.3 Å². The summed E-state index contributed by atoms with van der Waals surface area (Å²) in [5.74, 6) is 1.60. The molecule has 1 aromatic rings. The molecule has 1 rings (SSSR count). The third-order valence-corrected chi connectivity index (χ3v) is 9.85. The summed E-state index contributed by atoms with van der Waals surface area (Å²) < 4.78 is 5.22. The second-order valence-corrected chi connectivity index (χ2v) is 14.1. The molecule has 2 heteroatoms. The smallest absolute Gasteiger partial charge is 0.234 e. The summed E-state index contributed by atoms with van der Waals surface area (Å²) in [4.78, 5) is 0. The van der Waals surface area contributed by atoms with Gasteiger partial charge in [-0.25, -0.2) is 9.13 Å². The minimum absolute atomic E-state index is 1.23. The van der Waals surface area contributed by atoms with Gasteiger partial charge in [0.2, 0.25) is 0 Å². The molecule has 1 heterocycles. The van der Waals surface area contributed by atoms with Crippen LogP contribution in [-0.2, 0) is 19.5 Å². The molecule has 43 heavy (non-hydrogen) atoms. The van der Waals surface area contributed by atoms with Crippen LogP contribution in [0.25, 0.3) is 0 Å². The minimum atomic E-state index is 1.23. The van der Waals surface area contributed by atoms with Crippen molar-refractivity contribution >= 4 is 0 Å². The molecule has 0 N–H and O–H groups in total. The summed E-state index contributed by atoms with van der Waals surface area (Å²) in [5.41, 5.74) is 0. The lowest BCUT2D eigenvalue weighted by atomic mass is 10.0. The summed E-state index contributed by atoms with van der Waals surface area (Å²) in [6.45, 7) is 9.40. The summed E-state index contributed by atoms with van der Waals surface area (Å²) >= 11 is 0. The Morgan fingerprint density at radius 2 is 0.721 bits per heavy atom. The molecule has 0 saturated heterocycles. The largest absolute Gasteiger partial charge is 0.256 e. The maximum atomic E-state index is 2.61. The molecule has 0 radical (unpaired) electrons. The lowest BCUT2D eigenvalue weighted by Gasteiger charge is -2.07. The predicted octanol–water partition coefficient (Wildman–Crippen LogP) is 13.9. The standard InChI is InChI=1S/C41H81N2/c1-4-7-10-12-14-16-18-20-21-22-23-24-26-28-30-32-35-38-43-40-39-42(41(43)36-33-9-6-3)37-34-31-29-27-25-19-17-15-13-11-8-5-2/h39-40H,4-38H2,1-3H3/q+1. The molecule has 0 fully saturated rings. The van der Waals surface area contributed by atoms with E-state index in [-0.39, 0.29) is 0 Å².